The van der Waals surface area contributed by atoms with Gasteiger partial charge in [0.1, 0.15) is 11.9 Å². The molecule has 0 aromatic carbocycles. The van der Waals surface area contributed by atoms with Crippen LogP contribution < -0.4 is 10.2 Å². The number of pyridine rings is 1. The lowest BCUT2D eigenvalue weighted by Crippen LogP contribution is -2.56. The number of nitrogens with zero attached hydrogens (tertiary/aromatic N) is 3. The van der Waals surface area contributed by atoms with Crippen LogP contribution in [0, 0.1) is 11.3 Å². The molecule has 0 bridgehead atoms. The topological polar surface area (TPSA) is 52.0 Å². The Morgan fingerprint density at radius 2 is 2.36 bits per heavy atom. The van der Waals surface area contributed by atoms with Crippen LogP contribution in [0.5, 0.6) is 0 Å². The van der Waals surface area contributed by atoms with E-state index >= 15 is 0 Å². The van der Waals surface area contributed by atoms with E-state index in [0.717, 1.165) is 18.9 Å². The highest BCUT2D eigenvalue weighted by Crippen LogP contribution is 2.14. The van der Waals surface area contributed by atoms with Crippen LogP contribution in [0.1, 0.15) is 5.56 Å². The van der Waals surface area contributed by atoms with E-state index in [1.54, 1.807) is 12.3 Å². The molecule has 4 heteroatoms. The van der Waals surface area contributed by atoms with Crippen molar-refractivity contribution in [3.05, 3.63) is 23.9 Å². The van der Waals surface area contributed by atoms with Gasteiger partial charge in [-0.2, -0.15) is 5.26 Å². The number of hydrogen-bond donors (Lipinski definition) is 1. The van der Waals surface area contributed by atoms with Crippen molar-refractivity contribution < 1.29 is 0 Å². The first-order valence-corrected chi connectivity index (χ1v) is 4.61. The van der Waals surface area contributed by atoms with Crippen LogP contribution in [-0.2, 0) is 0 Å². The summed E-state index contributed by atoms with van der Waals surface area (Å²) in [7, 11) is 2.03. The molecular weight excluding hydrogens is 176 g/mol. The van der Waals surface area contributed by atoms with Crippen molar-refractivity contribution in [1.29, 1.82) is 5.26 Å². The highest BCUT2D eigenvalue weighted by atomic mass is 15.2. The van der Waals surface area contributed by atoms with Gasteiger partial charge < -0.3 is 10.2 Å². The van der Waals surface area contributed by atoms with Crippen molar-refractivity contribution in [3.8, 4) is 6.07 Å². The summed E-state index contributed by atoms with van der Waals surface area (Å²) in [5.74, 6) is 0.926. The highest BCUT2D eigenvalue weighted by molar-refractivity contribution is 5.42. The van der Waals surface area contributed by atoms with E-state index in [0.29, 0.717) is 11.6 Å². The molecule has 1 fully saturated rings. The summed E-state index contributed by atoms with van der Waals surface area (Å²) in [6, 6.07) is 6.28. The van der Waals surface area contributed by atoms with E-state index in [1.165, 1.54) is 0 Å². The molecular formula is C10H12N4. The highest BCUT2D eigenvalue weighted by Gasteiger charge is 2.22. The first kappa shape index (κ1) is 8.97. The first-order chi connectivity index (χ1) is 6.81. The van der Waals surface area contributed by atoms with Gasteiger partial charge in [0.15, 0.2) is 0 Å². The minimum absolute atomic E-state index is 0.537. The fraction of sp³-hybridized carbons (Fsp3) is 0.400. The second-order valence-electron chi connectivity index (χ2n) is 3.44. The van der Waals surface area contributed by atoms with Gasteiger partial charge >= 0.3 is 0 Å². The van der Waals surface area contributed by atoms with Gasteiger partial charge in [-0.25, -0.2) is 4.98 Å². The van der Waals surface area contributed by atoms with E-state index in [9.17, 15) is 0 Å². The molecule has 2 heterocycles. The molecule has 1 aliphatic heterocycles. The first-order valence-electron chi connectivity index (χ1n) is 4.61. The smallest absolute Gasteiger partial charge is 0.128 e. The zero-order valence-corrected chi connectivity index (χ0v) is 8.07. The fourth-order valence-corrected chi connectivity index (χ4v) is 1.40. The molecule has 1 aromatic heterocycles. The quantitative estimate of drug-likeness (QED) is 0.728. The van der Waals surface area contributed by atoms with Crippen LogP contribution >= 0.6 is 0 Å². The molecule has 0 radical (unpaired) electrons. The Morgan fingerprint density at radius 1 is 1.57 bits per heavy atom. The van der Waals surface area contributed by atoms with Gasteiger partial charge in [-0.3, -0.25) is 0 Å². The van der Waals surface area contributed by atoms with Gasteiger partial charge in [0.25, 0.3) is 0 Å². The van der Waals surface area contributed by atoms with E-state index < -0.39 is 0 Å². The van der Waals surface area contributed by atoms with Crippen molar-refractivity contribution in [1.82, 2.24) is 10.3 Å². The number of hydrogen-bond acceptors (Lipinski definition) is 4. The number of aromatic nitrogens is 1. The van der Waals surface area contributed by atoms with Gasteiger partial charge in [0.05, 0.1) is 11.6 Å². The van der Waals surface area contributed by atoms with Gasteiger partial charge in [0.2, 0.25) is 0 Å². The summed E-state index contributed by atoms with van der Waals surface area (Å²) in [5, 5.41) is 11.8. The molecule has 2 rings (SSSR count). The molecule has 1 aromatic rings. The predicted octanol–water partition coefficient (Wildman–Crippen LogP) is 0.361. The van der Waals surface area contributed by atoms with E-state index in [-0.39, 0.29) is 0 Å². The second kappa shape index (κ2) is 3.64. The summed E-state index contributed by atoms with van der Waals surface area (Å²) in [4.78, 5) is 6.36. The molecule has 4 nitrogen and oxygen atoms in total. The van der Waals surface area contributed by atoms with Crippen molar-refractivity contribution in [2.75, 3.05) is 25.0 Å². The average Bonchev–Trinajstić information content (AvgIpc) is 2.15. The monoisotopic (exact) mass is 188 g/mol. The molecule has 0 amide bonds. The van der Waals surface area contributed by atoms with Gasteiger partial charge in [-0.15, -0.1) is 0 Å². The normalized spacial score (nSPS) is 15.7. The third-order valence-electron chi connectivity index (χ3n) is 2.55. The Kier molecular flexibility index (Phi) is 2.33. The third kappa shape index (κ3) is 1.54. The summed E-state index contributed by atoms with van der Waals surface area (Å²) in [6.45, 7) is 2.02. The molecule has 72 valence electrons. The van der Waals surface area contributed by atoms with Crippen molar-refractivity contribution in [2.24, 2.45) is 0 Å². The Labute approximate surface area is 83.2 Å². The summed E-state index contributed by atoms with van der Waals surface area (Å²) < 4.78 is 0. The van der Waals surface area contributed by atoms with Crippen LogP contribution in [0.4, 0.5) is 5.82 Å². The zero-order valence-electron chi connectivity index (χ0n) is 8.07. The molecule has 1 N–H and O–H groups in total. The largest absolute Gasteiger partial charge is 0.354 e. The molecule has 0 aliphatic carbocycles. The van der Waals surface area contributed by atoms with Crippen molar-refractivity contribution >= 4 is 5.82 Å². The Morgan fingerprint density at radius 3 is 2.79 bits per heavy atom. The summed E-state index contributed by atoms with van der Waals surface area (Å²) >= 11 is 0. The van der Waals surface area contributed by atoms with Gasteiger partial charge in [0, 0.05) is 26.3 Å². The van der Waals surface area contributed by atoms with Crippen molar-refractivity contribution in [3.63, 3.8) is 0 Å². The maximum Gasteiger partial charge on any atom is 0.128 e. The maximum absolute atomic E-state index is 8.62. The lowest BCUT2D eigenvalue weighted by atomic mass is 10.1. The fourth-order valence-electron chi connectivity index (χ4n) is 1.40. The predicted molar refractivity (Wildman–Crippen MR) is 54.0 cm³/mol. The lowest BCUT2D eigenvalue weighted by Gasteiger charge is -2.36. The molecule has 1 saturated heterocycles. The van der Waals surface area contributed by atoms with Crippen molar-refractivity contribution in [2.45, 2.75) is 6.04 Å². The SMILES string of the molecule is CN(c1ccc(C#N)cn1)C1CNC1. The molecule has 14 heavy (non-hydrogen) atoms. The van der Waals surface area contributed by atoms with Crippen LogP contribution in [0.2, 0.25) is 0 Å². The van der Waals surface area contributed by atoms with E-state index in [1.807, 2.05) is 13.1 Å². The Bertz CT molecular complexity index is 347. The molecule has 1 aliphatic rings. The van der Waals surface area contributed by atoms with Gasteiger partial charge in [-0.1, -0.05) is 0 Å². The zero-order chi connectivity index (χ0) is 9.97. The van der Waals surface area contributed by atoms with Gasteiger partial charge in [-0.05, 0) is 12.1 Å². The lowest BCUT2D eigenvalue weighted by molar-refractivity contribution is 0.427. The summed E-state index contributed by atoms with van der Waals surface area (Å²) in [6.07, 6.45) is 1.61. The third-order valence-corrected chi connectivity index (χ3v) is 2.55. The van der Waals surface area contributed by atoms with Crippen LogP contribution in [-0.4, -0.2) is 31.2 Å². The number of likely N-dealkylation sites (N-methyl/N-ethyl adjacent to an activating group) is 1. The molecule has 0 unspecified atom stereocenters. The van der Waals surface area contributed by atoms with E-state index in [4.69, 9.17) is 5.26 Å². The number of rotatable bonds is 2. The number of nitriles is 1. The molecule has 0 saturated carbocycles. The van der Waals surface area contributed by atoms with Crippen LogP contribution in [0.15, 0.2) is 18.3 Å². The number of anilines is 1. The van der Waals surface area contributed by atoms with Crippen LogP contribution in [0.3, 0.4) is 0 Å². The standard InChI is InChI=1S/C10H12N4/c1-14(9-6-12-7-9)10-3-2-8(4-11)5-13-10/h2-3,5,9,12H,6-7H2,1H3. The summed E-state index contributed by atoms with van der Waals surface area (Å²) in [5.41, 5.74) is 0.605. The number of nitrogens with one attached hydrogen (secondary N) is 1. The van der Waals surface area contributed by atoms with E-state index in [2.05, 4.69) is 21.3 Å². The Balaban J connectivity index is 2.12. The maximum atomic E-state index is 8.62. The molecule has 0 spiro atoms. The minimum Gasteiger partial charge on any atom is -0.354 e. The molecule has 0 atom stereocenters. The van der Waals surface area contributed by atoms with Crippen LogP contribution in [0.25, 0.3) is 0 Å². The Hall–Kier alpha value is -1.60. The minimum atomic E-state index is 0.537. The second-order valence-corrected chi connectivity index (χ2v) is 3.44. The average molecular weight is 188 g/mol.